The van der Waals surface area contributed by atoms with Crippen molar-refractivity contribution in [1.29, 1.82) is 0 Å². The molecular weight excluding hydrogens is 229 g/mol. The van der Waals surface area contributed by atoms with Gasteiger partial charge >= 0.3 is 0 Å². The van der Waals surface area contributed by atoms with Gasteiger partial charge in [0.25, 0.3) is 0 Å². The summed E-state index contributed by atoms with van der Waals surface area (Å²) in [5.41, 5.74) is 2.96. The van der Waals surface area contributed by atoms with Crippen LogP contribution in [0.4, 0.5) is 0 Å². The van der Waals surface area contributed by atoms with Crippen LogP contribution in [0.2, 0.25) is 10.0 Å². The van der Waals surface area contributed by atoms with Gasteiger partial charge in [0.15, 0.2) is 0 Å². The fourth-order valence-corrected chi connectivity index (χ4v) is 2.36. The maximum absolute atomic E-state index is 6.32. The summed E-state index contributed by atoms with van der Waals surface area (Å²) in [7, 11) is 0. The Kier molecular flexibility index (Phi) is 2.85. The highest BCUT2D eigenvalue weighted by Gasteiger charge is 2.09. The molecule has 0 atom stereocenters. The van der Waals surface area contributed by atoms with E-state index in [-0.39, 0.29) is 0 Å². The van der Waals surface area contributed by atoms with Gasteiger partial charge in [0, 0.05) is 16.1 Å². The molecule has 0 fully saturated rings. The van der Waals surface area contributed by atoms with E-state index in [0.717, 1.165) is 33.6 Å². The maximum atomic E-state index is 6.32. The van der Waals surface area contributed by atoms with Gasteiger partial charge in [-0.2, -0.15) is 0 Å². The molecule has 0 saturated carbocycles. The monoisotopic (exact) mass is 239 g/mol. The van der Waals surface area contributed by atoms with Crippen LogP contribution in [-0.4, -0.2) is 4.98 Å². The predicted octanol–water partition coefficient (Wildman–Crippen LogP) is 4.41. The second-order valence-corrected chi connectivity index (χ2v) is 4.32. The van der Waals surface area contributed by atoms with Gasteiger partial charge in [-0.15, -0.1) is 0 Å². The Morgan fingerprint density at radius 3 is 2.67 bits per heavy atom. The molecule has 3 heteroatoms. The molecule has 0 N–H and O–H groups in total. The molecule has 0 aliphatic rings. The molecule has 0 aliphatic carbocycles. The Morgan fingerprint density at radius 2 is 2.00 bits per heavy atom. The van der Waals surface area contributed by atoms with Gasteiger partial charge in [-0.05, 0) is 37.1 Å². The Labute approximate surface area is 99.0 Å². The average molecular weight is 240 g/mol. The summed E-state index contributed by atoms with van der Waals surface area (Å²) in [5.74, 6) is 0. The number of aryl methyl sites for hydroxylation is 1. The van der Waals surface area contributed by atoms with E-state index in [1.165, 1.54) is 0 Å². The number of nitrogens with zero attached hydrogens (tertiary/aromatic N) is 1. The molecule has 78 valence electrons. The summed E-state index contributed by atoms with van der Waals surface area (Å²) < 4.78 is 0. The standard InChI is InChI=1S/C12H11Cl2N/c1-3-9-7(2)15-11-6-8(13)4-5-10(11)12(9)14/h4-6H,3H2,1-2H3. The summed E-state index contributed by atoms with van der Waals surface area (Å²) >= 11 is 12.2. The highest BCUT2D eigenvalue weighted by atomic mass is 35.5. The van der Waals surface area contributed by atoms with Gasteiger partial charge in [0.2, 0.25) is 0 Å². The molecule has 2 aromatic rings. The second kappa shape index (κ2) is 3.99. The van der Waals surface area contributed by atoms with Crippen molar-refractivity contribution in [1.82, 2.24) is 4.98 Å². The van der Waals surface area contributed by atoms with Crippen molar-refractivity contribution in [2.75, 3.05) is 0 Å². The van der Waals surface area contributed by atoms with Crippen molar-refractivity contribution >= 4 is 34.1 Å². The highest BCUT2D eigenvalue weighted by molar-refractivity contribution is 6.37. The molecule has 1 heterocycles. The lowest BCUT2D eigenvalue weighted by Crippen LogP contribution is -1.94. The van der Waals surface area contributed by atoms with E-state index in [1.54, 1.807) is 0 Å². The van der Waals surface area contributed by atoms with Crippen molar-refractivity contribution in [3.8, 4) is 0 Å². The lowest BCUT2D eigenvalue weighted by molar-refractivity contribution is 1.07. The highest BCUT2D eigenvalue weighted by Crippen LogP contribution is 2.29. The summed E-state index contributed by atoms with van der Waals surface area (Å²) in [6.45, 7) is 4.06. The first-order chi connectivity index (χ1) is 7.13. The van der Waals surface area contributed by atoms with Gasteiger partial charge in [-0.25, -0.2) is 0 Å². The predicted molar refractivity (Wildman–Crippen MR) is 65.9 cm³/mol. The zero-order valence-electron chi connectivity index (χ0n) is 8.64. The van der Waals surface area contributed by atoms with Crippen LogP contribution in [0.5, 0.6) is 0 Å². The van der Waals surface area contributed by atoms with Crippen molar-refractivity contribution in [3.63, 3.8) is 0 Å². The van der Waals surface area contributed by atoms with Crippen LogP contribution < -0.4 is 0 Å². The fourth-order valence-electron chi connectivity index (χ4n) is 1.76. The van der Waals surface area contributed by atoms with Crippen LogP contribution in [0.25, 0.3) is 10.9 Å². The molecule has 1 aromatic heterocycles. The first kappa shape index (κ1) is 10.7. The first-order valence-electron chi connectivity index (χ1n) is 4.87. The topological polar surface area (TPSA) is 12.9 Å². The van der Waals surface area contributed by atoms with Crippen LogP contribution >= 0.6 is 23.2 Å². The van der Waals surface area contributed by atoms with Gasteiger partial charge < -0.3 is 0 Å². The van der Waals surface area contributed by atoms with Crippen LogP contribution in [0.15, 0.2) is 18.2 Å². The molecule has 0 bridgehead atoms. The average Bonchev–Trinajstić information content (AvgIpc) is 2.17. The van der Waals surface area contributed by atoms with Crippen molar-refractivity contribution < 1.29 is 0 Å². The summed E-state index contributed by atoms with van der Waals surface area (Å²) in [4.78, 5) is 4.50. The van der Waals surface area contributed by atoms with Gasteiger partial charge in [-0.3, -0.25) is 4.98 Å². The maximum Gasteiger partial charge on any atom is 0.0735 e. The molecule has 1 aromatic carbocycles. The molecule has 15 heavy (non-hydrogen) atoms. The fraction of sp³-hybridized carbons (Fsp3) is 0.250. The first-order valence-corrected chi connectivity index (χ1v) is 5.63. The number of hydrogen-bond donors (Lipinski definition) is 0. The number of hydrogen-bond acceptors (Lipinski definition) is 1. The molecule has 0 radical (unpaired) electrons. The third-order valence-corrected chi connectivity index (χ3v) is 3.21. The number of halogens is 2. The van der Waals surface area contributed by atoms with Crippen LogP contribution in [-0.2, 0) is 6.42 Å². The zero-order chi connectivity index (χ0) is 11.0. The van der Waals surface area contributed by atoms with Crippen LogP contribution in [0, 0.1) is 6.92 Å². The van der Waals surface area contributed by atoms with E-state index in [2.05, 4.69) is 11.9 Å². The Balaban J connectivity index is 2.84. The van der Waals surface area contributed by atoms with Crippen LogP contribution in [0.1, 0.15) is 18.2 Å². The third-order valence-electron chi connectivity index (χ3n) is 2.54. The minimum atomic E-state index is 0.690. The second-order valence-electron chi connectivity index (χ2n) is 3.50. The van der Waals surface area contributed by atoms with Crippen molar-refractivity contribution in [3.05, 3.63) is 39.5 Å². The number of pyridine rings is 1. The molecular formula is C12H11Cl2N. The molecule has 0 unspecified atom stereocenters. The van der Waals surface area contributed by atoms with E-state index < -0.39 is 0 Å². The SMILES string of the molecule is CCc1c(C)nc2cc(Cl)ccc2c1Cl. The lowest BCUT2D eigenvalue weighted by atomic mass is 10.1. The van der Waals surface area contributed by atoms with Gasteiger partial charge in [0.05, 0.1) is 10.5 Å². The number of benzene rings is 1. The number of fused-ring (bicyclic) bond motifs is 1. The lowest BCUT2D eigenvalue weighted by Gasteiger charge is -2.09. The summed E-state index contributed by atoms with van der Waals surface area (Å²) in [6, 6.07) is 5.60. The molecule has 0 amide bonds. The number of aromatic nitrogens is 1. The van der Waals surface area contributed by atoms with E-state index >= 15 is 0 Å². The van der Waals surface area contributed by atoms with Gasteiger partial charge in [-0.1, -0.05) is 30.1 Å². The van der Waals surface area contributed by atoms with Crippen molar-refractivity contribution in [2.45, 2.75) is 20.3 Å². The smallest absolute Gasteiger partial charge is 0.0735 e. The zero-order valence-corrected chi connectivity index (χ0v) is 10.2. The minimum Gasteiger partial charge on any atom is -0.253 e. The normalized spacial score (nSPS) is 10.9. The Bertz CT molecular complexity index is 521. The van der Waals surface area contributed by atoms with Crippen molar-refractivity contribution in [2.24, 2.45) is 0 Å². The van der Waals surface area contributed by atoms with E-state index in [1.807, 2.05) is 25.1 Å². The molecule has 0 aliphatic heterocycles. The van der Waals surface area contributed by atoms with E-state index in [9.17, 15) is 0 Å². The van der Waals surface area contributed by atoms with E-state index in [0.29, 0.717) is 5.02 Å². The summed E-state index contributed by atoms with van der Waals surface area (Å²) in [6.07, 6.45) is 0.899. The van der Waals surface area contributed by atoms with Gasteiger partial charge in [0.1, 0.15) is 0 Å². The quantitative estimate of drug-likeness (QED) is 0.719. The Hall–Kier alpha value is -0.790. The Morgan fingerprint density at radius 1 is 1.27 bits per heavy atom. The summed E-state index contributed by atoms with van der Waals surface area (Å²) in [5, 5.41) is 2.47. The van der Waals surface area contributed by atoms with E-state index in [4.69, 9.17) is 23.2 Å². The molecule has 1 nitrogen and oxygen atoms in total. The molecule has 0 saturated heterocycles. The molecule has 0 spiro atoms. The third kappa shape index (κ3) is 1.82. The largest absolute Gasteiger partial charge is 0.253 e. The number of rotatable bonds is 1. The van der Waals surface area contributed by atoms with Crippen LogP contribution in [0.3, 0.4) is 0 Å². The minimum absolute atomic E-state index is 0.690. The molecule has 2 rings (SSSR count).